The first kappa shape index (κ1) is 25.8. The van der Waals surface area contributed by atoms with Gasteiger partial charge in [0.05, 0.1) is 13.2 Å². The summed E-state index contributed by atoms with van der Waals surface area (Å²) < 4.78 is 13.0. The number of carbonyl (C=O) groups is 1. The molecule has 0 spiro atoms. The Hall–Kier alpha value is -1.84. The molecule has 1 atom stereocenters. The zero-order valence-electron chi connectivity index (χ0n) is 19.4. The molecule has 0 heterocycles. The van der Waals surface area contributed by atoms with E-state index in [1.165, 1.54) is 5.56 Å². The topological polar surface area (TPSA) is 35.5 Å². The predicted octanol–water partition coefficient (Wildman–Crippen LogP) is 8.47. The summed E-state index contributed by atoms with van der Waals surface area (Å²) in [7, 11) is -1.10. The smallest absolute Gasteiger partial charge is 0.174 e. The fraction of sp³-hybridized carbons (Fsp3) is 0.321. The first-order chi connectivity index (χ1) is 16.1. The van der Waals surface area contributed by atoms with Crippen molar-refractivity contribution in [3.05, 3.63) is 94.5 Å². The summed E-state index contributed by atoms with van der Waals surface area (Å²) in [6, 6.07) is 26.6. The van der Waals surface area contributed by atoms with E-state index >= 15 is 0 Å². The Bertz CT molecular complexity index is 968. The highest BCUT2D eigenvalue weighted by molar-refractivity contribution is 9.10. The molecule has 1 unspecified atom stereocenters. The van der Waals surface area contributed by atoms with Crippen molar-refractivity contribution in [2.75, 3.05) is 13.2 Å². The molecule has 3 aromatic rings. The minimum Gasteiger partial charge on any atom is -0.334 e. The van der Waals surface area contributed by atoms with Crippen LogP contribution in [0.25, 0.3) is 11.1 Å². The lowest BCUT2D eigenvalue weighted by molar-refractivity contribution is 0.0976. The molecule has 5 heteroatoms. The first-order valence-electron chi connectivity index (χ1n) is 11.6. The van der Waals surface area contributed by atoms with E-state index in [2.05, 4.69) is 52.3 Å². The van der Waals surface area contributed by atoms with Gasteiger partial charge in [0.1, 0.15) is 0 Å². The molecule has 0 aliphatic carbocycles. The fourth-order valence-corrected chi connectivity index (χ4v) is 5.77. The van der Waals surface area contributed by atoms with E-state index < -0.39 is 8.38 Å². The van der Waals surface area contributed by atoms with Crippen LogP contribution >= 0.6 is 24.3 Å². The van der Waals surface area contributed by atoms with Crippen LogP contribution in [0.15, 0.2) is 83.3 Å². The minimum absolute atomic E-state index is 0.0854. The van der Waals surface area contributed by atoms with E-state index in [9.17, 15) is 4.79 Å². The number of hydrogen-bond donors (Lipinski definition) is 0. The summed E-state index contributed by atoms with van der Waals surface area (Å²) >= 11 is 3.47. The first-order valence-corrected chi connectivity index (χ1v) is 13.6. The highest BCUT2D eigenvalue weighted by atomic mass is 79.9. The number of aryl methyl sites for hydroxylation is 1. The molecule has 0 amide bonds. The normalized spacial score (nSPS) is 12.1. The van der Waals surface area contributed by atoms with Crippen molar-refractivity contribution in [1.29, 1.82) is 0 Å². The summed E-state index contributed by atoms with van der Waals surface area (Å²) in [5, 5.41) is 0. The van der Waals surface area contributed by atoms with Gasteiger partial charge in [0.15, 0.2) is 14.2 Å². The molecule has 0 bridgehead atoms. The van der Waals surface area contributed by atoms with Gasteiger partial charge >= 0.3 is 0 Å². The van der Waals surface area contributed by atoms with Crippen LogP contribution < -0.4 is 0 Å². The second-order valence-electron chi connectivity index (χ2n) is 7.86. The third-order valence-electron chi connectivity index (χ3n) is 5.46. The van der Waals surface area contributed by atoms with Crippen LogP contribution in [-0.4, -0.2) is 24.7 Å². The van der Waals surface area contributed by atoms with Crippen LogP contribution in [0.4, 0.5) is 0 Å². The second-order valence-corrected chi connectivity index (χ2v) is 10.6. The van der Waals surface area contributed by atoms with Crippen LogP contribution in [0.3, 0.4) is 0 Å². The predicted molar refractivity (Wildman–Crippen MR) is 142 cm³/mol. The zero-order chi connectivity index (χ0) is 23.5. The molecule has 0 radical (unpaired) electrons. The number of rotatable bonds is 13. The molecule has 33 heavy (non-hydrogen) atoms. The molecule has 0 fully saturated rings. The van der Waals surface area contributed by atoms with Gasteiger partial charge in [-0.15, -0.1) is 0 Å². The summed E-state index contributed by atoms with van der Waals surface area (Å²) in [6.45, 7) is 5.16. The molecular weight excluding hydrogens is 495 g/mol. The fourth-order valence-electron chi connectivity index (χ4n) is 3.79. The summed E-state index contributed by atoms with van der Waals surface area (Å²) in [4.78, 5) is 13.2. The Labute approximate surface area is 207 Å². The molecule has 0 saturated heterocycles. The lowest BCUT2D eigenvalue weighted by Crippen LogP contribution is -2.16. The van der Waals surface area contributed by atoms with E-state index in [1.807, 2.05) is 56.3 Å². The van der Waals surface area contributed by atoms with Gasteiger partial charge < -0.3 is 9.05 Å². The maximum absolute atomic E-state index is 13.2. The van der Waals surface area contributed by atoms with Crippen molar-refractivity contribution >= 4 is 30.1 Å². The Morgan fingerprint density at radius 2 is 1.42 bits per heavy atom. The van der Waals surface area contributed by atoms with Crippen LogP contribution in [0, 0.1) is 0 Å². The molecule has 3 rings (SSSR count). The van der Waals surface area contributed by atoms with Gasteiger partial charge in [-0.3, -0.25) is 4.79 Å². The van der Waals surface area contributed by atoms with Gasteiger partial charge in [0.2, 0.25) is 0 Å². The number of Topliss-reactive ketones (excluding diaryl/α,β-unsaturated/α-hetero) is 1. The molecule has 0 aliphatic rings. The number of ketones is 1. The van der Waals surface area contributed by atoms with Crippen molar-refractivity contribution in [3.8, 4) is 11.1 Å². The third-order valence-corrected chi connectivity index (χ3v) is 8.05. The van der Waals surface area contributed by atoms with Crippen molar-refractivity contribution < 1.29 is 13.8 Å². The Balaban J connectivity index is 1.67. The average molecular weight is 527 g/mol. The van der Waals surface area contributed by atoms with Crippen LogP contribution in [0.5, 0.6) is 0 Å². The Morgan fingerprint density at radius 1 is 0.848 bits per heavy atom. The number of benzene rings is 3. The van der Waals surface area contributed by atoms with Crippen molar-refractivity contribution in [1.82, 2.24) is 0 Å². The van der Waals surface area contributed by atoms with Gasteiger partial charge in [-0.05, 0) is 61.9 Å². The van der Waals surface area contributed by atoms with E-state index in [-0.39, 0.29) is 11.4 Å². The highest BCUT2D eigenvalue weighted by Crippen LogP contribution is 2.47. The molecule has 0 aromatic heterocycles. The molecule has 174 valence electrons. The summed E-state index contributed by atoms with van der Waals surface area (Å²) in [6.07, 6.45) is 3.35. The molecule has 0 N–H and O–H groups in total. The van der Waals surface area contributed by atoms with E-state index in [4.69, 9.17) is 9.05 Å². The molecule has 0 saturated carbocycles. The number of carbonyl (C=O) groups excluding carboxylic acids is 1. The molecule has 3 nitrogen and oxygen atoms in total. The quantitative estimate of drug-likeness (QED) is 0.165. The lowest BCUT2D eigenvalue weighted by Gasteiger charge is -2.25. The van der Waals surface area contributed by atoms with E-state index in [0.717, 1.165) is 40.4 Å². The van der Waals surface area contributed by atoms with Crippen LogP contribution in [0.1, 0.15) is 49.0 Å². The molecular formula is C28H32BrO3P. The van der Waals surface area contributed by atoms with Crippen molar-refractivity contribution in [2.45, 2.75) is 45.2 Å². The van der Waals surface area contributed by atoms with Crippen molar-refractivity contribution in [2.24, 2.45) is 0 Å². The average Bonchev–Trinajstić information content (AvgIpc) is 2.84. The molecule has 0 aliphatic heterocycles. The summed E-state index contributed by atoms with van der Waals surface area (Å²) in [5.74, 6) is 0.147. The lowest BCUT2D eigenvalue weighted by atomic mass is 9.99. The second kappa shape index (κ2) is 13.8. The summed E-state index contributed by atoms with van der Waals surface area (Å²) in [5.41, 5.74) is 4.38. The number of hydrogen-bond acceptors (Lipinski definition) is 3. The SMILES string of the molecule is CCOP(OCC)C(CCCc1ccccc1)CC(=O)c1ccc(-c2ccc(Br)cc2)cc1. The van der Waals surface area contributed by atoms with Crippen LogP contribution in [-0.2, 0) is 15.5 Å². The van der Waals surface area contributed by atoms with E-state index in [0.29, 0.717) is 19.6 Å². The molecule has 3 aromatic carbocycles. The minimum atomic E-state index is -1.10. The standard InChI is InChI=1S/C28H32BrO3P/c1-3-31-33(32-4-2)27(12-8-11-22-9-6-5-7-10-22)21-28(30)25-15-13-23(14-16-25)24-17-19-26(29)20-18-24/h5-7,9-10,13-20,27H,3-4,8,11-12,21H2,1-2H3. The Kier molecular flexibility index (Phi) is 10.8. The zero-order valence-corrected chi connectivity index (χ0v) is 21.9. The maximum Gasteiger partial charge on any atom is 0.174 e. The number of halogens is 1. The largest absolute Gasteiger partial charge is 0.334 e. The van der Waals surface area contributed by atoms with E-state index in [1.54, 1.807) is 0 Å². The monoisotopic (exact) mass is 526 g/mol. The highest BCUT2D eigenvalue weighted by Gasteiger charge is 2.26. The van der Waals surface area contributed by atoms with Crippen molar-refractivity contribution in [3.63, 3.8) is 0 Å². The van der Waals surface area contributed by atoms with Gasteiger partial charge in [0.25, 0.3) is 0 Å². The third kappa shape index (κ3) is 8.15. The van der Waals surface area contributed by atoms with Gasteiger partial charge in [-0.1, -0.05) is 82.7 Å². The maximum atomic E-state index is 13.2. The van der Waals surface area contributed by atoms with Gasteiger partial charge in [-0.2, -0.15) is 0 Å². The van der Waals surface area contributed by atoms with Crippen LogP contribution in [0.2, 0.25) is 0 Å². The Morgan fingerprint density at radius 3 is 2.00 bits per heavy atom. The van der Waals surface area contributed by atoms with Gasteiger partial charge in [-0.25, -0.2) is 0 Å². The van der Waals surface area contributed by atoms with Gasteiger partial charge in [0, 0.05) is 22.1 Å².